The minimum atomic E-state index is -2.40. The first-order valence-electron chi connectivity index (χ1n) is 20.9. The van der Waals surface area contributed by atoms with Gasteiger partial charge in [-0.25, -0.2) is 4.79 Å². The number of methoxy groups -OCH3 is 1. The van der Waals surface area contributed by atoms with Crippen LogP contribution in [0.1, 0.15) is 43.9 Å². The molecule has 62 heavy (non-hydrogen) atoms. The summed E-state index contributed by atoms with van der Waals surface area (Å²) in [6.07, 6.45) is -0.0634. The van der Waals surface area contributed by atoms with Crippen molar-refractivity contribution in [1.82, 2.24) is 4.48 Å². The third kappa shape index (κ3) is 5.26. The Labute approximate surface area is 359 Å². The van der Waals surface area contributed by atoms with Gasteiger partial charge in [0.15, 0.2) is 11.4 Å². The molecule has 0 amide bonds. The van der Waals surface area contributed by atoms with Crippen LogP contribution in [0.25, 0.3) is 66.1 Å². The third-order valence-electron chi connectivity index (χ3n) is 12.7. The topological polar surface area (TPSA) is 34.2 Å². The molecule has 0 radical (unpaired) electrons. The van der Waals surface area contributed by atoms with Crippen LogP contribution in [-0.4, -0.2) is 34.2 Å². The number of fused-ring (bicyclic) bond motifs is 6. The van der Waals surface area contributed by atoms with Crippen molar-refractivity contribution in [3.8, 4) is 34.7 Å². The van der Waals surface area contributed by atoms with Crippen molar-refractivity contribution in [3.05, 3.63) is 227 Å². The predicted octanol–water partition coefficient (Wildman–Crippen LogP) is 11.8. The quantitative estimate of drug-likeness (QED) is 0.0773. The number of aromatic nitrogens is 1. The maximum atomic E-state index is 12.5. The molecule has 1 unspecified atom stereocenters. The second-order valence-corrected chi connectivity index (χ2v) is 16.0. The van der Waals surface area contributed by atoms with Crippen LogP contribution in [0.3, 0.4) is 0 Å². The van der Waals surface area contributed by atoms with Gasteiger partial charge in [0.1, 0.15) is 0 Å². The van der Waals surface area contributed by atoms with Crippen LogP contribution >= 0.6 is 0 Å². The summed E-state index contributed by atoms with van der Waals surface area (Å²) in [7, 11) is 1.40. The third-order valence-corrected chi connectivity index (χ3v) is 12.7. The summed E-state index contributed by atoms with van der Waals surface area (Å²) in [5.41, 5.74) is 10.8. The minimum Gasteiger partial charge on any atom is -0.465 e. The highest BCUT2D eigenvalue weighted by atomic mass is 16.5. The largest absolute Gasteiger partial charge is 0.521 e. The number of carbonyl (C=O) groups excluding carboxylic acids is 1. The molecular weight excluding hydrogens is 755 g/mol. The molecule has 0 saturated carbocycles. The first kappa shape index (κ1) is 35.6. The Balaban J connectivity index is 1.25. The van der Waals surface area contributed by atoms with Gasteiger partial charge in [0.05, 0.1) is 23.8 Å². The molecule has 0 bridgehead atoms. The summed E-state index contributed by atoms with van der Waals surface area (Å²) < 4.78 is 9.92. The lowest BCUT2D eigenvalue weighted by molar-refractivity contribution is -0.279. The Hall–Kier alpha value is -8.38. The van der Waals surface area contributed by atoms with Gasteiger partial charge in [-0.2, -0.15) is 11.6 Å². The molecule has 4 nitrogen and oxygen atoms in total. The number of ether oxygens (including phenoxy) is 1. The van der Waals surface area contributed by atoms with Crippen molar-refractivity contribution in [1.29, 1.82) is 0 Å². The fraction of sp³-hybridized carbons (Fsp3) is 0.0175. The van der Waals surface area contributed by atoms with E-state index in [1.807, 2.05) is 12.1 Å². The smallest absolute Gasteiger partial charge is 0.465 e. The Morgan fingerprint density at radius 1 is 0.548 bits per heavy atom. The number of rotatable bonds is 3. The van der Waals surface area contributed by atoms with Crippen molar-refractivity contribution in [2.24, 2.45) is 0 Å². The fourth-order valence-electron chi connectivity index (χ4n) is 9.99. The standard InChI is InChI=1S/C57H35BN2O2/c1-62-57(61)45-25-23-38(24-26-45)33-35-58(36-34-39-27-28-42-30-29-40-17-12-18-41-31-32-46(39)54(42)53(40)41)59-51(47-19-8-10-21-49(47)55(59)43-13-4-2-5-14-43)37-52-48-20-9-11-22-50(48)56(60(52)58)44-15-6-3-7-16-44/h2-32,37H,1H3. The lowest BCUT2D eigenvalue weighted by Crippen LogP contribution is -2.56. The molecule has 0 aliphatic carbocycles. The van der Waals surface area contributed by atoms with Crippen molar-refractivity contribution >= 4 is 73.0 Å². The number of esters is 1. The van der Waals surface area contributed by atoms with E-state index < -0.39 is 6.42 Å². The van der Waals surface area contributed by atoms with Crippen LogP contribution in [0.15, 0.2) is 188 Å². The second kappa shape index (κ2) is 13.9. The first-order chi connectivity index (χ1) is 30.6. The Bertz CT molecular complexity index is 3670. The van der Waals surface area contributed by atoms with Gasteiger partial charge >= 0.3 is 12.4 Å². The maximum absolute atomic E-state index is 12.5. The molecule has 2 aliphatic heterocycles. The van der Waals surface area contributed by atoms with Gasteiger partial charge in [-0.1, -0.05) is 133 Å². The van der Waals surface area contributed by atoms with E-state index in [4.69, 9.17) is 4.74 Å². The lowest BCUT2D eigenvalue weighted by atomic mass is 9.45. The van der Waals surface area contributed by atoms with Crippen LogP contribution in [-0.2, 0) is 4.74 Å². The van der Waals surface area contributed by atoms with Crippen LogP contribution in [0.4, 0.5) is 0 Å². The van der Waals surface area contributed by atoms with E-state index in [2.05, 4.69) is 202 Å². The molecule has 0 N–H and O–H groups in total. The number of benzene rings is 9. The summed E-state index contributed by atoms with van der Waals surface area (Å²) in [4.78, 5) is 12.5. The zero-order valence-electron chi connectivity index (χ0n) is 33.8. The predicted molar refractivity (Wildman–Crippen MR) is 254 cm³/mol. The highest BCUT2D eigenvalue weighted by Gasteiger charge is 2.51. The normalized spacial score (nSPS) is 15.1. The SMILES string of the molecule is COC(=O)c1ccc(C#C[B-]2(C#Cc3ccc4ccc5cccc6ccc3c4c56)n3c(c4ccccc4c3-c3ccccc3)C=C3c4ccccc4C(c4ccccc4)=[N+]32)cc1. The maximum Gasteiger partial charge on any atom is 0.521 e. The van der Waals surface area contributed by atoms with E-state index in [0.717, 1.165) is 72.3 Å². The average molecular weight is 791 g/mol. The van der Waals surface area contributed by atoms with Crippen LogP contribution in [0, 0.1) is 23.5 Å². The van der Waals surface area contributed by atoms with Crippen LogP contribution in [0.5, 0.6) is 0 Å². The Morgan fingerprint density at radius 3 is 1.90 bits per heavy atom. The average Bonchev–Trinajstić information content (AvgIpc) is 3.86. The molecule has 0 spiro atoms. The minimum absolute atomic E-state index is 0.389. The van der Waals surface area contributed by atoms with Crippen molar-refractivity contribution in [2.45, 2.75) is 0 Å². The van der Waals surface area contributed by atoms with Gasteiger partial charge in [-0.05, 0) is 92.5 Å². The molecule has 12 rings (SSSR count). The van der Waals surface area contributed by atoms with E-state index in [-0.39, 0.29) is 5.97 Å². The van der Waals surface area contributed by atoms with Crippen LogP contribution < -0.4 is 0 Å². The van der Waals surface area contributed by atoms with Gasteiger partial charge in [0, 0.05) is 44.9 Å². The fourth-order valence-corrected chi connectivity index (χ4v) is 9.99. The van der Waals surface area contributed by atoms with E-state index in [1.54, 1.807) is 12.1 Å². The number of nitrogens with zero attached hydrogens (tertiary/aromatic N) is 2. The zero-order chi connectivity index (χ0) is 41.4. The summed E-state index contributed by atoms with van der Waals surface area (Å²) in [5, 5.41) is 9.46. The van der Waals surface area contributed by atoms with Crippen molar-refractivity contribution in [3.63, 3.8) is 0 Å². The van der Waals surface area contributed by atoms with Crippen molar-refractivity contribution in [2.75, 3.05) is 7.11 Å². The Morgan fingerprint density at radius 2 is 1.16 bits per heavy atom. The van der Waals surface area contributed by atoms with Crippen LogP contribution in [0.2, 0.25) is 0 Å². The molecule has 3 heterocycles. The lowest BCUT2D eigenvalue weighted by Gasteiger charge is -2.36. The van der Waals surface area contributed by atoms with Crippen molar-refractivity contribution < 1.29 is 14.0 Å². The van der Waals surface area contributed by atoms with E-state index in [1.165, 1.54) is 34.0 Å². The Kier molecular flexibility index (Phi) is 7.94. The molecule has 10 aromatic rings. The van der Waals surface area contributed by atoms with E-state index in [0.29, 0.717) is 5.56 Å². The molecule has 9 aromatic carbocycles. The molecule has 1 atom stereocenters. The monoisotopic (exact) mass is 790 g/mol. The van der Waals surface area contributed by atoms with Gasteiger partial charge in [0.25, 0.3) is 0 Å². The summed E-state index contributed by atoms with van der Waals surface area (Å²) in [6, 6.07) is 65.7. The summed E-state index contributed by atoms with van der Waals surface area (Å²) >= 11 is 0. The molecule has 1 aromatic heterocycles. The number of carbonyl (C=O) groups is 1. The molecule has 0 fully saturated rings. The summed E-state index contributed by atoms with van der Waals surface area (Å²) in [5.74, 6) is 15.1. The molecule has 5 heteroatoms. The number of hydrogen-bond acceptors (Lipinski definition) is 2. The molecule has 2 aliphatic rings. The second-order valence-electron chi connectivity index (χ2n) is 16.0. The zero-order valence-corrected chi connectivity index (χ0v) is 33.8. The van der Waals surface area contributed by atoms with Gasteiger partial charge < -0.3 is 13.7 Å². The highest BCUT2D eigenvalue weighted by molar-refractivity contribution is 6.88. The highest BCUT2D eigenvalue weighted by Crippen LogP contribution is 2.46. The molecule has 288 valence electrons. The van der Waals surface area contributed by atoms with E-state index >= 15 is 0 Å². The first-order valence-corrected chi connectivity index (χ1v) is 20.9. The number of hydrogen-bond donors (Lipinski definition) is 0. The van der Waals surface area contributed by atoms with Gasteiger partial charge in [-0.15, -0.1) is 11.8 Å². The van der Waals surface area contributed by atoms with Gasteiger partial charge in [-0.3, -0.25) is 0 Å². The van der Waals surface area contributed by atoms with E-state index in [9.17, 15) is 4.79 Å². The summed E-state index contributed by atoms with van der Waals surface area (Å²) in [6.45, 7) is 0. The van der Waals surface area contributed by atoms with Gasteiger partial charge in [0.2, 0.25) is 0 Å². The molecule has 0 saturated heterocycles. The molecular formula is C57H35BN2O2.